The first-order valence-corrected chi connectivity index (χ1v) is 7.43. The topological polar surface area (TPSA) is 95.5 Å². The van der Waals surface area contributed by atoms with E-state index in [-0.39, 0.29) is 16.0 Å². The molecule has 0 unspecified atom stereocenters. The van der Waals surface area contributed by atoms with Crippen molar-refractivity contribution in [3.05, 3.63) is 12.7 Å². The van der Waals surface area contributed by atoms with Gasteiger partial charge in [-0.25, -0.2) is 13.2 Å². The molecule has 10 heteroatoms. The van der Waals surface area contributed by atoms with Crippen LogP contribution in [0.25, 0.3) is 0 Å². The number of likely N-dealkylation sites (N-methyl/N-ethyl adjacent to an activating group) is 1. The van der Waals surface area contributed by atoms with Crippen molar-refractivity contribution in [3.8, 4) is 0 Å². The fraction of sp³-hybridized carbons (Fsp3) is 0.444. The zero-order valence-electron chi connectivity index (χ0n) is 10.8. The van der Waals surface area contributed by atoms with Gasteiger partial charge in [0, 0.05) is 27.7 Å². The van der Waals surface area contributed by atoms with Gasteiger partial charge in [0.1, 0.15) is 0 Å². The molecule has 0 aliphatic heterocycles. The van der Waals surface area contributed by atoms with E-state index >= 15 is 0 Å². The molecule has 0 aromatic carbocycles. The second kappa shape index (κ2) is 6.08. The average Bonchev–Trinajstić information content (AvgIpc) is 2.78. The summed E-state index contributed by atoms with van der Waals surface area (Å²) in [7, 11) is 0.842. The minimum absolute atomic E-state index is 0.129. The molecular weight excluding hydrogens is 290 g/mol. The third kappa shape index (κ3) is 3.72. The molecule has 0 spiro atoms. The summed E-state index contributed by atoms with van der Waals surface area (Å²) in [5.74, 6) is 0. The Balaban J connectivity index is 2.90. The maximum absolute atomic E-state index is 12.0. The molecule has 0 fully saturated rings. The van der Waals surface area contributed by atoms with Crippen LogP contribution in [0.5, 0.6) is 0 Å². The lowest BCUT2D eigenvalue weighted by atomic mass is 10.6. The number of amides is 2. The highest BCUT2D eigenvalue weighted by molar-refractivity contribution is 7.91. The van der Waals surface area contributed by atoms with Gasteiger partial charge in [-0.05, 0) is 0 Å². The summed E-state index contributed by atoms with van der Waals surface area (Å²) < 4.78 is 25.0. The Morgan fingerprint density at radius 1 is 1.42 bits per heavy atom. The van der Waals surface area contributed by atoms with Gasteiger partial charge in [-0.2, -0.15) is 4.31 Å². The fourth-order valence-electron chi connectivity index (χ4n) is 0.981. The highest BCUT2D eigenvalue weighted by Gasteiger charge is 2.25. The van der Waals surface area contributed by atoms with Crippen molar-refractivity contribution in [1.29, 1.82) is 0 Å². The minimum Gasteiger partial charge on any atom is -0.331 e. The number of rotatable bonds is 5. The van der Waals surface area contributed by atoms with Crippen LogP contribution in [0.1, 0.15) is 0 Å². The molecule has 1 aromatic rings. The summed E-state index contributed by atoms with van der Waals surface area (Å²) in [4.78, 5) is 12.7. The Labute approximate surface area is 115 Å². The Morgan fingerprint density at radius 3 is 2.58 bits per heavy atom. The smallest absolute Gasteiger partial charge is 0.323 e. The lowest BCUT2D eigenvalue weighted by Crippen LogP contribution is -2.27. The molecule has 1 N–H and O–H groups in total. The quantitative estimate of drug-likeness (QED) is 0.629. The van der Waals surface area contributed by atoms with E-state index in [4.69, 9.17) is 0 Å². The summed E-state index contributed by atoms with van der Waals surface area (Å²) >= 11 is 0.795. The average molecular weight is 305 g/mol. The molecule has 8 nitrogen and oxygen atoms in total. The number of hydrogen-bond acceptors (Lipinski definition) is 6. The van der Waals surface area contributed by atoms with Crippen LogP contribution in [-0.4, -0.2) is 61.5 Å². The largest absolute Gasteiger partial charge is 0.331 e. The van der Waals surface area contributed by atoms with Crippen molar-refractivity contribution in [2.24, 2.45) is 0 Å². The Bertz CT molecular complexity index is 566. The van der Waals surface area contributed by atoms with Gasteiger partial charge in [-0.15, -0.1) is 16.8 Å². The molecule has 0 saturated heterocycles. The molecule has 0 bridgehead atoms. The Hall–Kier alpha value is -1.52. The van der Waals surface area contributed by atoms with E-state index in [1.807, 2.05) is 0 Å². The highest BCUT2D eigenvalue weighted by atomic mass is 32.2. The summed E-state index contributed by atoms with van der Waals surface area (Å²) in [5.41, 5.74) is 0. The van der Waals surface area contributed by atoms with E-state index in [9.17, 15) is 13.2 Å². The lowest BCUT2D eigenvalue weighted by molar-refractivity contribution is 0.230. The number of nitrogens with zero attached hydrogens (tertiary/aromatic N) is 4. The standard InChI is InChI=1S/C9H15N5O3S2/c1-5-6-14(4)19(16,17)9-12-11-7(18-9)10-8(15)13(2)3/h5H,1,6H2,2-4H3,(H,10,11,15). The normalized spacial score (nSPS) is 11.4. The van der Waals surface area contributed by atoms with E-state index < -0.39 is 16.1 Å². The van der Waals surface area contributed by atoms with Crippen LogP contribution in [0.2, 0.25) is 0 Å². The number of aromatic nitrogens is 2. The first kappa shape index (κ1) is 15.5. The lowest BCUT2D eigenvalue weighted by Gasteiger charge is -2.11. The maximum atomic E-state index is 12.0. The van der Waals surface area contributed by atoms with E-state index in [0.717, 1.165) is 15.6 Å². The van der Waals surface area contributed by atoms with Crippen LogP contribution in [0.4, 0.5) is 9.93 Å². The van der Waals surface area contributed by atoms with E-state index in [1.165, 1.54) is 18.0 Å². The predicted octanol–water partition coefficient (Wildman–Crippen LogP) is 0.438. The maximum Gasteiger partial charge on any atom is 0.323 e. The molecule has 0 aliphatic carbocycles. The summed E-state index contributed by atoms with van der Waals surface area (Å²) in [6.45, 7) is 3.64. The highest BCUT2D eigenvalue weighted by Crippen LogP contribution is 2.22. The minimum atomic E-state index is -3.69. The summed E-state index contributed by atoms with van der Waals surface area (Å²) in [6.07, 6.45) is 1.47. The van der Waals surface area contributed by atoms with Crippen LogP contribution >= 0.6 is 11.3 Å². The van der Waals surface area contributed by atoms with Crippen LogP contribution in [-0.2, 0) is 10.0 Å². The van der Waals surface area contributed by atoms with Crippen molar-refractivity contribution >= 4 is 32.5 Å². The fourth-order valence-corrected chi connectivity index (χ4v) is 3.20. The molecule has 106 valence electrons. The number of urea groups is 1. The van der Waals surface area contributed by atoms with Crippen molar-refractivity contribution in [2.75, 3.05) is 33.0 Å². The number of sulfonamides is 1. The molecule has 1 rings (SSSR count). The number of carbonyl (C=O) groups is 1. The molecule has 1 heterocycles. The second-order valence-corrected chi connectivity index (χ2v) is 6.97. The van der Waals surface area contributed by atoms with Crippen molar-refractivity contribution in [3.63, 3.8) is 0 Å². The molecule has 19 heavy (non-hydrogen) atoms. The first-order valence-electron chi connectivity index (χ1n) is 5.18. The van der Waals surface area contributed by atoms with Gasteiger partial charge in [0.25, 0.3) is 10.0 Å². The molecule has 0 aliphatic rings. The monoisotopic (exact) mass is 305 g/mol. The zero-order chi connectivity index (χ0) is 14.6. The summed E-state index contributed by atoms with van der Waals surface area (Å²) in [6, 6.07) is -0.403. The van der Waals surface area contributed by atoms with Gasteiger partial charge < -0.3 is 4.90 Å². The van der Waals surface area contributed by atoms with Crippen LogP contribution in [0.3, 0.4) is 0 Å². The van der Waals surface area contributed by atoms with Gasteiger partial charge in [0.2, 0.25) is 9.47 Å². The molecule has 2 amide bonds. The first-order chi connectivity index (χ1) is 8.78. The van der Waals surface area contributed by atoms with Gasteiger partial charge in [0.15, 0.2) is 0 Å². The third-order valence-electron chi connectivity index (χ3n) is 2.04. The number of hydrogen-bond donors (Lipinski definition) is 1. The third-order valence-corrected chi connectivity index (χ3v) is 5.05. The molecule has 0 atom stereocenters. The Morgan fingerprint density at radius 2 is 2.05 bits per heavy atom. The number of nitrogens with one attached hydrogen (secondary N) is 1. The van der Waals surface area contributed by atoms with E-state index in [2.05, 4.69) is 22.1 Å². The van der Waals surface area contributed by atoms with Gasteiger partial charge in [-0.3, -0.25) is 5.32 Å². The number of carbonyl (C=O) groups excluding carboxylic acids is 1. The zero-order valence-corrected chi connectivity index (χ0v) is 12.5. The Kier molecular flexibility index (Phi) is 4.97. The van der Waals surface area contributed by atoms with E-state index in [1.54, 1.807) is 14.1 Å². The van der Waals surface area contributed by atoms with Gasteiger partial charge in [-0.1, -0.05) is 17.4 Å². The van der Waals surface area contributed by atoms with E-state index in [0.29, 0.717) is 0 Å². The summed E-state index contributed by atoms with van der Waals surface area (Å²) in [5, 5.41) is 9.76. The van der Waals surface area contributed by atoms with Crippen LogP contribution < -0.4 is 5.32 Å². The SMILES string of the molecule is C=CCN(C)S(=O)(=O)c1nnc(NC(=O)N(C)C)s1. The van der Waals surface area contributed by atoms with Crippen molar-refractivity contribution in [1.82, 2.24) is 19.4 Å². The predicted molar refractivity (Wildman–Crippen MR) is 72.6 cm³/mol. The van der Waals surface area contributed by atoms with Crippen LogP contribution in [0.15, 0.2) is 17.0 Å². The molecule has 1 aromatic heterocycles. The van der Waals surface area contributed by atoms with Crippen molar-refractivity contribution in [2.45, 2.75) is 4.34 Å². The number of anilines is 1. The molecule has 0 saturated carbocycles. The van der Waals surface area contributed by atoms with Crippen molar-refractivity contribution < 1.29 is 13.2 Å². The van der Waals surface area contributed by atoms with Gasteiger partial charge in [0.05, 0.1) is 0 Å². The second-order valence-electron chi connectivity index (χ2n) is 3.77. The molecule has 0 radical (unpaired) electrons. The van der Waals surface area contributed by atoms with Gasteiger partial charge >= 0.3 is 6.03 Å². The van der Waals surface area contributed by atoms with Crippen LogP contribution in [0, 0.1) is 0 Å². The molecular formula is C9H15N5O3S2.